The van der Waals surface area contributed by atoms with Crippen molar-refractivity contribution in [2.75, 3.05) is 39.3 Å². The monoisotopic (exact) mass is 254 g/mol. The highest BCUT2D eigenvalue weighted by atomic mass is 16.5. The third-order valence-corrected chi connectivity index (χ3v) is 3.84. The predicted molar refractivity (Wildman–Crippen MR) is 71.8 cm³/mol. The van der Waals surface area contributed by atoms with Gasteiger partial charge in [-0.25, -0.2) is 0 Å². The third-order valence-electron chi connectivity index (χ3n) is 3.84. The van der Waals surface area contributed by atoms with Gasteiger partial charge in [0.25, 0.3) is 0 Å². The summed E-state index contributed by atoms with van der Waals surface area (Å²) in [5.74, 6) is 0.398. The van der Waals surface area contributed by atoms with Crippen LogP contribution >= 0.6 is 0 Å². The largest absolute Gasteiger partial charge is 0.378 e. The molecule has 104 valence electrons. The molecule has 2 saturated heterocycles. The maximum atomic E-state index is 11.9. The van der Waals surface area contributed by atoms with Crippen LogP contribution < -0.4 is 5.32 Å². The molecule has 2 aliphatic heterocycles. The van der Waals surface area contributed by atoms with E-state index in [1.807, 2.05) is 0 Å². The average molecular weight is 254 g/mol. The van der Waals surface area contributed by atoms with E-state index in [4.69, 9.17) is 4.74 Å². The van der Waals surface area contributed by atoms with Crippen LogP contribution in [-0.4, -0.2) is 56.1 Å². The van der Waals surface area contributed by atoms with Gasteiger partial charge < -0.3 is 10.1 Å². The minimum Gasteiger partial charge on any atom is -0.378 e. The van der Waals surface area contributed by atoms with E-state index in [1.165, 1.54) is 12.8 Å². The molecule has 2 rings (SSSR count). The maximum Gasteiger partial charge on any atom is 0.146 e. The number of rotatable bonds is 6. The van der Waals surface area contributed by atoms with E-state index in [-0.39, 0.29) is 0 Å². The molecule has 1 atom stereocenters. The van der Waals surface area contributed by atoms with Gasteiger partial charge in [0.2, 0.25) is 0 Å². The molecular formula is C14H26N2O2. The summed E-state index contributed by atoms with van der Waals surface area (Å²) >= 11 is 0. The molecule has 0 bridgehead atoms. The highest BCUT2D eigenvalue weighted by Gasteiger charge is 2.16. The number of ketones is 1. The summed E-state index contributed by atoms with van der Waals surface area (Å²) in [6, 6.07) is 0. The quantitative estimate of drug-likeness (QED) is 0.773. The van der Waals surface area contributed by atoms with E-state index < -0.39 is 0 Å². The van der Waals surface area contributed by atoms with E-state index >= 15 is 0 Å². The first-order valence-electron chi connectivity index (χ1n) is 7.41. The fourth-order valence-corrected chi connectivity index (χ4v) is 2.79. The summed E-state index contributed by atoms with van der Waals surface area (Å²) in [5.41, 5.74) is 0. The van der Waals surface area contributed by atoms with E-state index in [0.717, 1.165) is 58.5 Å². The van der Waals surface area contributed by atoms with Crippen LogP contribution in [-0.2, 0) is 9.53 Å². The number of carbonyl (C=O) groups is 1. The van der Waals surface area contributed by atoms with Crippen LogP contribution in [0, 0.1) is 0 Å². The molecule has 1 unspecified atom stereocenters. The molecule has 0 saturated carbocycles. The summed E-state index contributed by atoms with van der Waals surface area (Å²) in [4.78, 5) is 14.2. The van der Waals surface area contributed by atoms with E-state index in [2.05, 4.69) is 10.2 Å². The minimum absolute atomic E-state index is 0.398. The molecule has 18 heavy (non-hydrogen) atoms. The highest BCUT2D eigenvalue weighted by molar-refractivity contribution is 5.80. The molecule has 0 spiro atoms. The Hall–Kier alpha value is -0.450. The Kier molecular flexibility index (Phi) is 6.11. The van der Waals surface area contributed by atoms with Gasteiger partial charge in [0.15, 0.2) is 0 Å². The van der Waals surface area contributed by atoms with Crippen molar-refractivity contribution in [2.24, 2.45) is 0 Å². The number of ether oxygens (including phenoxy) is 1. The Morgan fingerprint density at radius 3 is 3.06 bits per heavy atom. The van der Waals surface area contributed by atoms with Gasteiger partial charge in [0, 0.05) is 26.1 Å². The Bertz CT molecular complexity index is 244. The summed E-state index contributed by atoms with van der Waals surface area (Å²) < 4.78 is 5.57. The van der Waals surface area contributed by atoms with Gasteiger partial charge in [0.1, 0.15) is 5.78 Å². The first-order valence-corrected chi connectivity index (χ1v) is 7.41. The molecule has 2 heterocycles. The molecule has 0 aromatic heterocycles. The van der Waals surface area contributed by atoms with E-state index in [1.54, 1.807) is 0 Å². The topological polar surface area (TPSA) is 41.6 Å². The number of carbonyl (C=O) groups excluding carboxylic acids is 1. The molecule has 0 aromatic carbocycles. The van der Waals surface area contributed by atoms with Crippen LogP contribution in [0.5, 0.6) is 0 Å². The summed E-state index contributed by atoms with van der Waals surface area (Å²) in [6.07, 6.45) is 6.75. The van der Waals surface area contributed by atoms with Crippen molar-refractivity contribution in [3.63, 3.8) is 0 Å². The lowest BCUT2D eigenvalue weighted by Crippen LogP contribution is -2.33. The number of hydrogen-bond donors (Lipinski definition) is 1. The lowest BCUT2D eigenvalue weighted by atomic mass is 10.1. The fourth-order valence-electron chi connectivity index (χ4n) is 2.79. The SMILES string of the molecule is O=C(CCCC1CCCO1)CN1CCCNCC1. The van der Waals surface area contributed by atoms with Crippen LogP contribution in [0.4, 0.5) is 0 Å². The Morgan fingerprint density at radius 2 is 2.22 bits per heavy atom. The van der Waals surface area contributed by atoms with Crippen molar-refractivity contribution < 1.29 is 9.53 Å². The molecule has 0 aromatic rings. The molecule has 4 nitrogen and oxygen atoms in total. The van der Waals surface area contributed by atoms with Gasteiger partial charge in [-0.05, 0) is 45.2 Å². The zero-order chi connectivity index (χ0) is 12.6. The van der Waals surface area contributed by atoms with Crippen molar-refractivity contribution >= 4 is 5.78 Å². The van der Waals surface area contributed by atoms with Crippen molar-refractivity contribution in [2.45, 2.75) is 44.6 Å². The van der Waals surface area contributed by atoms with Crippen LogP contribution in [0.1, 0.15) is 38.5 Å². The maximum absolute atomic E-state index is 11.9. The fraction of sp³-hybridized carbons (Fsp3) is 0.929. The molecule has 0 radical (unpaired) electrons. The molecular weight excluding hydrogens is 228 g/mol. The summed E-state index contributed by atoms with van der Waals surface area (Å²) in [7, 11) is 0. The molecule has 2 aliphatic rings. The zero-order valence-corrected chi connectivity index (χ0v) is 11.3. The van der Waals surface area contributed by atoms with Crippen LogP contribution in [0.25, 0.3) is 0 Å². The van der Waals surface area contributed by atoms with E-state index in [0.29, 0.717) is 18.4 Å². The predicted octanol–water partition coefficient (Wildman–Crippen LogP) is 1.20. The lowest BCUT2D eigenvalue weighted by molar-refractivity contribution is -0.120. The van der Waals surface area contributed by atoms with Crippen LogP contribution in [0.3, 0.4) is 0 Å². The molecule has 1 N–H and O–H groups in total. The Labute approximate surface area is 110 Å². The van der Waals surface area contributed by atoms with Gasteiger partial charge >= 0.3 is 0 Å². The summed E-state index contributed by atoms with van der Waals surface area (Å²) in [6.45, 7) is 5.74. The van der Waals surface area contributed by atoms with Crippen molar-refractivity contribution in [1.82, 2.24) is 10.2 Å². The van der Waals surface area contributed by atoms with Gasteiger partial charge in [0.05, 0.1) is 12.6 Å². The van der Waals surface area contributed by atoms with Crippen molar-refractivity contribution in [3.05, 3.63) is 0 Å². The van der Waals surface area contributed by atoms with Crippen LogP contribution in [0.2, 0.25) is 0 Å². The summed E-state index contributed by atoms with van der Waals surface area (Å²) in [5, 5.41) is 3.36. The van der Waals surface area contributed by atoms with E-state index in [9.17, 15) is 4.79 Å². The number of hydrogen-bond acceptors (Lipinski definition) is 4. The number of nitrogens with zero attached hydrogens (tertiary/aromatic N) is 1. The van der Waals surface area contributed by atoms with Crippen LogP contribution in [0.15, 0.2) is 0 Å². The average Bonchev–Trinajstić information content (AvgIpc) is 2.74. The zero-order valence-electron chi connectivity index (χ0n) is 11.3. The second-order valence-electron chi connectivity index (χ2n) is 5.45. The molecule has 0 amide bonds. The number of Topliss-reactive ketones (excluding diaryl/α,β-unsaturated/α-hetero) is 1. The molecule has 0 aliphatic carbocycles. The van der Waals surface area contributed by atoms with Crippen molar-refractivity contribution in [3.8, 4) is 0 Å². The first kappa shape index (κ1) is 14.0. The third kappa shape index (κ3) is 5.04. The second-order valence-corrected chi connectivity index (χ2v) is 5.45. The van der Waals surface area contributed by atoms with Gasteiger partial charge in [-0.3, -0.25) is 9.69 Å². The smallest absolute Gasteiger partial charge is 0.146 e. The second kappa shape index (κ2) is 7.87. The van der Waals surface area contributed by atoms with Crippen molar-refractivity contribution in [1.29, 1.82) is 0 Å². The lowest BCUT2D eigenvalue weighted by Gasteiger charge is -2.18. The number of nitrogens with one attached hydrogen (secondary N) is 1. The normalized spacial score (nSPS) is 26.1. The van der Waals surface area contributed by atoms with Gasteiger partial charge in [-0.15, -0.1) is 0 Å². The minimum atomic E-state index is 0.398. The highest BCUT2D eigenvalue weighted by Crippen LogP contribution is 2.17. The van der Waals surface area contributed by atoms with Gasteiger partial charge in [-0.1, -0.05) is 0 Å². The first-order chi connectivity index (χ1) is 8.84. The molecule has 2 fully saturated rings. The molecule has 4 heteroatoms. The Morgan fingerprint density at radius 1 is 1.28 bits per heavy atom. The Balaban J connectivity index is 1.56. The standard InChI is InChI=1S/C14H26N2O2/c17-13(4-1-5-14-6-2-11-18-14)12-16-9-3-7-15-8-10-16/h14-15H,1-12H2. The van der Waals surface area contributed by atoms with Gasteiger partial charge in [-0.2, -0.15) is 0 Å².